The molecule has 1 saturated heterocycles. The summed E-state index contributed by atoms with van der Waals surface area (Å²) in [6.45, 7) is 2.54. The van der Waals surface area contributed by atoms with Crippen molar-refractivity contribution in [2.75, 3.05) is 12.3 Å². The molecule has 0 unspecified atom stereocenters. The van der Waals surface area contributed by atoms with Gasteiger partial charge < -0.3 is 24.7 Å². The number of carbonyl (C=O) groups is 4. The standard InChI is InChI=1S/C27H26N6O11S/c1-13(34)41-19-9-17-7-5-4-6-16(17)8-18(19)26(37)32-45(38,39)40-10-20-22(42-14(2)35)23(43-15(3)36)27(44-20)33-12-31-21-24(28)29-11-30-25(21)33/h4-9,11-12,20,22-23,27H,10H2,1-3H3,(H,32,37)(H2,28,29,30)/t20-,22-,23-,27-/m1/s1. The van der Waals surface area contributed by atoms with Gasteiger partial charge in [0.25, 0.3) is 5.91 Å². The van der Waals surface area contributed by atoms with Crippen LogP contribution in [0.25, 0.3) is 21.9 Å². The number of nitrogens with two attached hydrogens (primary N) is 1. The van der Waals surface area contributed by atoms with Gasteiger partial charge in [0.05, 0.1) is 18.5 Å². The van der Waals surface area contributed by atoms with Crippen molar-refractivity contribution in [2.45, 2.75) is 45.3 Å². The highest BCUT2D eigenvalue weighted by molar-refractivity contribution is 7.85. The van der Waals surface area contributed by atoms with Crippen molar-refractivity contribution in [3.8, 4) is 5.75 Å². The number of nitrogens with zero attached hydrogens (tertiary/aromatic N) is 4. The van der Waals surface area contributed by atoms with Gasteiger partial charge in [0.15, 0.2) is 29.9 Å². The van der Waals surface area contributed by atoms with Gasteiger partial charge in [-0.1, -0.05) is 24.3 Å². The number of nitrogens with one attached hydrogen (secondary N) is 1. The number of amides is 1. The molecule has 236 valence electrons. The van der Waals surface area contributed by atoms with Crippen LogP contribution in [0.1, 0.15) is 37.4 Å². The molecule has 4 aromatic rings. The zero-order chi connectivity index (χ0) is 32.5. The fraction of sp³-hybridized carbons (Fsp3) is 0.296. The summed E-state index contributed by atoms with van der Waals surface area (Å²) in [6, 6.07) is 9.62. The van der Waals surface area contributed by atoms with E-state index in [1.54, 1.807) is 29.0 Å². The molecule has 0 aliphatic carbocycles. The lowest BCUT2D eigenvalue weighted by atomic mass is 10.1. The van der Waals surface area contributed by atoms with E-state index < -0.39 is 65.3 Å². The molecule has 4 atom stereocenters. The van der Waals surface area contributed by atoms with Crippen LogP contribution in [0.2, 0.25) is 0 Å². The summed E-state index contributed by atoms with van der Waals surface area (Å²) in [6.07, 6.45) is -2.79. The molecule has 0 spiro atoms. The molecule has 2 aromatic carbocycles. The zero-order valence-electron chi connectivity index (χ0n) is 23.9. The molecule has 2 aromatic heterocycles. The molecule has 1 amide bonds. The van der Waals surface area contributed by atoms with Crippen LogP contribution < -0.4 is 15.2 Å². The predicted molar refractivity (Wildman–Crippen MR) is 152 cm³/mol. The summed E-state index contributed by atoms with van der Waals surface area (Å²) in [7, 11) is -4.84. The normalized spacial score (nSPS) is 19.7. The van der Waals surface area contributed by atoms with Gasteiger partial charge in [-0.3, -0.25) is 27.9 Å². The van der Waals surface area contributed by atoms with Crippen molar-refractivity contribution >= 4 is 61.9 Å². The first-order valence-corrected chi connectivity index (χ1v) is 14.6. The SMILES string of the molecule is CC(=O)Oc1cc2ccccc2cc1C(=O)NS(=O)(=O)OC[C@H]1O[C@@H](n2cnc3c(N)ncnc32)[C@H](OC(C)=O)[C@@H]1OC(C)=O. The Morgan fingerprint density at radius 1 is 0.956 bits per heavy atom. The molecule has 1 aliphatic rings. The van der Waals surface area contributed by atoms with Gasteiger partial charge in [0, 0.05) is 20.8 Å². The van der Waals surface area contributed by atoms with Crippen molar-refractivity contribution < 1.29 is 50.7 Å². The second-order valence-corrected chi connectivity index (χ2v) is 11.1. The monoisotopic (exact) mass is 642 g/mol. The molecule has 1 fully saturated rings. The van der Waals surface area contributed by atoms with Crippen LogP contribution in [-0.4, -0.2) is 76.7 Å². The number of hydrogen-bond donors (Lipinski definition) is 2. The number of carbonyl (C=O) groups excluding carboxylic acids is 4. The molecule has 45 heavy (non-hydrogen) atoms. The average Bonchev–Trinajstić information content (AvgIpc) is 3.52. The molecule has 5 rings (SSSR count). The Balaban J connectivity index is 1.39. The summed E-state index contributed by atoms with van der Waals surface area (Å²) in [4.78, 5) is 61.0. The second kappa shape index (κ2) is 12.4. The van der Waals surface area contributed by atoms with Gasteiger partial charge in [0.2, 0.25) is 0 Å². The Bertz CT molecular complexity index is 1930. The first-order chi connectivity index (χ1) is 21.3. The van der Waals surface area contributed by atoms with Crippen LogP contribution in [0.3, 0.4) is 0 Å². The van der Waals surface area contributed by atoms with E-state index in [-0.39, 0.29) is 28.3 Å². The number of hydrogen-bond acceptors (Lipinski definition) is 15. The largest absolute Gasteiger partial charge is 0.456 e. The van der Waals surface area contributed by atoms with Crippen molar-refractivity contribution in [3.05, 3.63) is 54.6 Å². The van der Waals surface area contributed by atoms with Gasteiger partial charge in [0.1, 0.15) is 23.7 Å². The Kier molecular flexibility index (Phi) is 8.62. The van der Waals surface area contributed by atoms with Crippen LogP contribution in [-0.2, 0) is 43.1 Å². The van der Waals surface area contributed by atoms with Crippen LogP contribution in [0.4, 0.5) is 5.82 Å². The number of fused-ring (bicyclic) bond motifs is 2. The maximum atomic E-state index is 13.1. The fourth-order valence-corrected chi connectivity index (χ4v) is 5.47. The highest BCUT2D eigenvalue weighted by Crippen LogP contribution is 2.36. The van der Waals surface area contributed by atoms with E-state index in [0.29, 0.717) is 10.8 Å². The lowest BCUT2D eigenvalue weighted by Crippen LogP contribution is -2.41. The second-order valence-electron chi connectivity index (χ2n) is 9.76. The topological polar surface area (TPSA) is 230 Å². The molecule has 0 saturated carbocycles. The molecule has 1 aliphatic heterocycles. The third-order valence-electron chi connectivity index (χ3n) is 6.50. The van der Waals surface area contributed by atoms with Gasteiger partial charge in [-0.15, -0.1) is 0 Å². The first-order valence-electron chi connectivity index (χ1n) is 13.2. The summed E-state index contributed by atoms with van der Waals surface area (Å²) >= 11 is 0. The molecule has 3 heterocycles. The zero-order valence-corrected chi connectivity index (χ0v) is 24.7. The predicted octanol–water partition coefficient (Wildman–Crippen LogP) is 0.939. The lowest BCUT2D eigenvalue weighted by Gasteiger charge is -2.23. The molecule has 17 nitrogen and oxygen atoms in total. The summed E-state index contributed by atoms with van der Waals surface area (Å²) < 4.78 is 55.9. The van der Waals surface area contributed by atoms with E-state index in [1.807, 2.05) is 0 Å². The Labute approximate surface area is 254 Å². The molecular weight excluding hydrogens is 616 g/mol. The number of imidazole rings is 1. The van der Waals surface area contributed by atoms with E-state index in [9.17, 15) is 27.6 Å². The van der Waals surface area contributed by atoms with E-state index in [2.05, 4.69) is 15.0 Å². The number of aromatic nitrogens is 4. The van der Waals surface area contributed by atoms with Crippen molar-refractivity contribution in [1.82, 2.24) is 24.2 Å². The van der Waals surface area contributed by atoms with E-state index in [0.717, 1.165) is 20.8 Å². The fourth-order valence-electron chi connectivity index (χ4n) is 4.76. The summed E-state index contributed by atoms with van der Waals surface area (Å²) in [5.41, 5.74) is 6.01. The van der Waals surface area contributed by atoms with Gasteiger partial charge in [-0.05, 0) is 22.9 Å². The highest BCUT2D eigenvalue weighted by atomic mass is 32.2. The van der Waals surface area contributed by atoms with E-state index >= 15 is 0 Å². The van der Waals surface area contributed by atoms with Crippen LogP contribution in [0.5, 0.6) is 5.75 Å². The number of benzene rings is 2. The van der Waals surface area contributed by atoms with E-state index in [1.165, 1.54) is 29.4 Å². The number of nitrogen functional groups attached to an aromatic ring is 1. The van der Waals surface area contributed by atoms with Crippen molar-refractivity contribution in [3.63, 3.8) is 0 Å². The molecular formula is C27H26N6O11S. The maximum absolute atomic E-state index is 13.1. The Hall–Kier alpha value is -5.20. The van der Waals surface area contributed by atoms with Gasteiger partial charge >= 0.3 is 28.2 Å². The minimum Gasteiger partial charge on any atom is -0.456 e. The Morgan fingerprint density at radius 2 is 1.62 bits per heavy atom. The van der Waals surface area contributed by atoms with Crippen LogP contribution >= 0.6 is 0 Å². The lowest BCUT2D eigenvalue weighted by molar-refractivity contribution is -0.165. The molecule has 3 N–H and O–H groups in total. The number of esters is 3. The number of ether oxygens (including phenoxy) is 4. The number of rotatable bonds is 9. The van der Waals surface area contributed by atoms with Crippen LogP contribution in [0.15, 0.2) is 49.1 Å². The molecule has 18 heteroatoms. The minimum atomic E-state index is -4.84. The first kappa shape index (κ1) is 31.2. The van der Waals surface area contributed by atoms with Gasteiger partial charge in [-0.25, -0.2) is 19.7 Å². The number of anilines is 1. The van der Waals surface area contributed by atoms with Gasteiger partial charge in [-0.2, -0.15) is 8.42 Å². The summed E-state index contributed by atoms with van der Waals surface area (Å²) in [5.74, 6) is -3.55. The van der Waals surface area contributed by atoms with Crippen molar-refractivity contribution in [1.29, 1.82) is 0 Å². The minimum absolute atomic E-state index is 0.0577. The maximum Gasteiger partial charge on any atom is 0.362 e. The third kappa shape index (κ3) is 6.82. The average molecular weight is 643 g/mol. The third-order valence-corrected chi connectivity index (χ3v) is 7.38. The summed E-state index contributed by atoms with van der Waals surface area (Å²) in [5, 5.41) is 1.21. The van der Waals surface area contributed by atoms with Crippen LogP contribution in [0, 0.1) is 0 Å². The molecule has 0 bridgehead atoms. The van der Waals surface area contributed by atoms with E-state index in [4.69, 9.17) is 28.9 Å². The smallest absolute Gasteiger partial charge is 0.362 e. The molecule has 0 radical (unpaired) electrons. The highest BCUT2D eigenvalue weighted by Gasteiger charge is 2.51. The van der Waals surface area contributed by atoms with Crippen molar-refractivity contribution in [2.24, 2.45) is 0 Å². The Morgan fingerprint density at radius 3 is 2.29 bits per heavy atom. The quantitative estimate of drug-likeness (QED) is 0.191.